The number of rotatable bonds is 5. The van der Waals surface area contributed by atoms with E-state index in [0.29, 0.717) is 11.3 Å². The number of nitrogens with zero attached hydrogens (tertiary/aromatic N) is 2. The molecule has 8 nitrogen and oxygen atoms in total. The summed E-state index contributed by atoms with van der Waals surface area (Å²) in [6.07, 6.45) is 1.39. The Hall–Kier alpha value is -3.16. The van der Waals surface area contributed by atoms with Crippen LogP contribution in [0, 0.1) is 17.0 Å². The third-order valence-electron chi connectivity index (χ3n) is 2.76. The van der Waals surface area contributed by atoms with Gasteiger partial charge in [-0.15, -0.1) is 10.1 Å². The van der Waals surface area contributed by atoms with Crippen molar-refractivity contribution in [2.24, 2.45) is 0 Å². The quantitative estimate of drug-likeness (QED) is 0.511. The van der Waals surface area contributed by atoms with Crippen molar-refractivity contribution in [3.63, 3.8) is 0 Å². The third kappa shape index (κ3) is 3.69. The maximum atomic E-state index is 12.0. The van der Waals surface area contributed by atoms with Crippen molar-refractivity contribution in [1.29, 1.82) is 0 Å². The maximum absolute atomic E-state index is 12.0. The first kappa shape index (κ1) is 15.2. The predicted molar refractivity (Wildman–Crippen MR) is 73.8 cm³/mol. The largest absolute Gasteiger partial charge is 0.507 e. The van der Waals surface area contributed by atoms with Crippen LogP contribution in [0.2, 0.25) is 0 Å². The number of hydrogen-bond acceptors (Lipinski definition) is 7. The number of phenolic OH excluding ortho intramolecular Hbond substituents is 1. The summed E-state index contributed by atoms with van der Waals surface area (Å²) in [5, 5.41) is 18.9. The molecule has 0 amide bonds. The van der Waals surface area contributed by atoms with Crippen LogP contribution in [0.4, 0.5) is 0 Å². The van der Waals surface area contributed by atoms with Crippen molar-refractivity contribution >= 4 is 5.97 Å². The number of carbonyl (C=O) groups is 1. The molecule has 2 aromatic rings. The molecule has 1 aromatic heterocycles. The fourth-order valence-corrected chi connectivity index (χ4v) is 1.66. The summed E-state index contributed by atoms with van der Waals surface area (Å²) in [5.41, 5.74) is 0.810. The highest BCUT2D eigenvalue weighted by Gasteiger charge is 2.15. The van der Waals surface area contributed by atoms with Crippen molar-refractivity contribution in [3.8, 4) is 11.5 Å². The van der Waals surface area contributed by atoms with Crippen LogP contribution in [0.3, 0.4) is 0 Å². The Balaban J connectivity index is 2.18. The van der Waals surface area contributed by atoms with Gasteiger partial charge in [-0.3, -0.25) is 4.98 Å². The smallest absolute Gasteiger partial charge is 0.347 e. The van der Waals surface area contributed by atoms with Gasteiger partial charge < -0.3 is 14.7 Å². The zero-order valence-electron chi connectivity index (χ0n) is 11.6. The van der Waals surface area contributed by atoms with Crippen LogP contribution in [0.25, 0.3) is 0 Å². The molecule has 22 heavy (non-hydrogen) atoms. The Labute approximate surface area is 125 Å². The first-order chi connectivity index (χ1) is 10.5. The average Bonchev–Trinajstić information content (AvgIpc) is 2.48. The highest BCUT2D eigenvalue weighted by atomic mass is 16.9. The molecule has 0 saturated heterocycles. The van der Waals surface area contributed by atoms with Crippen molar-refractivity contribution in [2.45, 2.75) is 13.5 Å². The molecule has 0 aliphatic heterocycles. The van der Waals surface area contributed by atoms with Gasteiger partial charge in [0, 0.05) is 6.20 Å². The minimum atomic E-state index is -0.923. The molecule has 2 rings (SSSR count). The van der Waals surface area contributed by atoms with E-state index in [0.717, 1.165) is 0 Å². The van der Waals surface area contributed by atoms with Gasteiger partial charge in [0.2, 0.25) is 0 Å². The molecule has 0 spiro atoms. The lowest BCUT2D eigenvalue weighted by molar-refractivity contribution is -0.763. The van der Waals surface area contributed by atoms with E-state index in [1.54, 1.807) is 19.1 Å². The van der Waals surface area contributed by atoms with E-state index in [2.05, 4.69) is 9.82 Å². The normalized spacial score (nSPS) is 10.0. The van der Waals surface area contributed by atoms with Crippen LogP contribution in [-0.2, 0) is 11.4 Å². The molecule has 0 aliphatic rings. The number of aryl methyl sites for hydroxylation is 1. The van der Waals surface area contributed by atoms with Crippen LogP contribution >= 0.6 is 0 Å². The van der Waals surface area contributed by atoms with Crippen LogP contribution in [0.1, 0.15) is 21.6 Å². The highest BCUT2D eigenvalue weighted by molar-refractivity contribution is 5.93. The zero-order valence-corrected chi connectivity index (χ0v) is 11.6. The van der Waals surface area contributed by atoms with E-state index in [9.17, 15) is 20.0 Å². The van der Waals surface area contributed by atoms with E-state index in [1.807, 2.05) is 0 Å². The molecular formula is C14H12N2O6. The molecule has 1 N–H and O–H groups in total. The minimum absolute atomic E-state index is 0.00819. The molecule has 0 fully saturated rings. The van der Waals surface area contributed by atoms with E-state index in [-0.39, 0.29) is 23.7 Å². The summed E-state index contributed by atoms with van der Waals surface area (Å²) in [6, 6.07) is 7.37. The van der Waals surface area contributed by atoms with Gasteiger partial charge in [0.25, 0.3) is 5.09 Å². The first-order valence-corrected chi connectivity index (χ1v) is 6.20. The fourth-order valence-electron chi connectivity index (χ4n) is 1.66. The van der Waals surface area contributed by atoms with Gasteiger partial charge in [0.05, 0.1) is 5.69 Å². The summed E-state index contributed by atoms with van der Waals surface area (Å²) in [4.78, 5) is 30.4. The standard InChI is InChI=1S/C14H12N2O6/c1-9-13(6-10(7-15-9)8-21-16(19)20)22-14(18)11-4-2-3-5-12(11)17/h2-7,17H,8H2,1H3. The van der Waals surface area contributed by atoms with Gasteiger partial charge in [0.15, 0.2) is 5.75 Å². The Bertz CT molecular complexity index is 716. The van der Waals surface area contributed by atoms with Crippen molar-refractivity contribution in [3.05, 3.63) is 63.5 Å². The molecule has 1 heterocycles. The lowest BCUT2D eigenvalue weighted by Crippen LogP contribution is -2.10. The van der Waals surface area contributed by atoms with Crippen molar-refractivity contribution in [1.82, 2.24) is 4.98 Å². The average molecular weight is 304 g/mol. The number of ether oxygens (including phenoxy) is 1. The maximum Gasteiger partial charge on any atom is 0.347 e. The summed E-state index contributed by atoms with van der Waals surface area (Å²) in [5.74, 6) is -0.820. The van der Waals surface area contributed by atoms with Gasteiger partial charge in [-0.1, -0.05) is 12.1 Å². The van der Waals surface area contributed by atoms with E-state index < -0.39 is 11.1 Å². The number of aromatic hydroxyl groups is 1. The Morgan fingerprint density at radius 2 is 2.14 bits per heavy atom. The first-order valence-electron chi connectivity index (χ1n) is 6.20. The van der Waals surface area contributed by atoms with Crippen molar-refractivity contribution < 1.29 is 24.6 Å². The topological polar surface area (TPSA) is 112 Å². The fraction of sp³-hybridized carbons (Fsp3) is 0.143. The predicted octanol–water partition coefficient (Wildman–Crippen LogP) is 2.02. The molecule has 0 unspecified atom stereocenters. The molecule has 0 aliphatic carbocycles. The summed E-state index contributed by atoms with van der Waals surface area (Å²) in [7, 11) is 0. The Morgan fingerprint density at radius 1 is 1.41 bits per heavy atom. The molecule has 114 valence electrons. The molecular weight excluding hydrogens is 292 g/mol. The number of phenols is 1. The Morgan fingerprint density at radius 3 is 2.82 bits per heavy atom. The molecule has 0 radical (unpaired) electrons. The van der Waals surface area contributed by atoms with Crippen LogP contribution in [-0.4, -0.2) is 21.1 Å². The summed E-state index contributed by atoms with van der Waals surface area (Å²) < 4.78 is 5.17. The van der Waals surface area contributed by atoms with Crippen LogP contribution in [0.15, 0.2) is 36.5 Å². The monoisotopic (exact) mass is 304 g/mol. The third-order valence-corrected chi connectivity index (χ3v) is 2.76. The van der Waals surface area contributed by atoms with Gasteiger partial charge in [-0.25, -0.2) is 4.79 Å². The number of para-hydroxylation sites is 1. The number of hydrogen-bond donors (Lipinski definition) is 1. The van der Waals surface area contributed by atoms with Crippen LogP contribution < -0.4 is 4.74 Å². The molecule has 8 heteroatoms. The summed E-state index contributed by atoms with van der Waals surface area (Å²) in [6.45, 7) is 1.31. The van der Waals surface area contributed by atoms with E-state index in [1.165, 1.54) is 24.4 Å². The number of aromatic nitrogens is 1. The van der Waals surface area contributed by atoms with E-state index in [4.69, 9.17) is 4.74 Å². The van der Waals surface area contributed by atoms with Gasteiger partial charge >= 0.3 is 5.97 Å². The van der Waals surface area contributed by atoms with Crippen LogP contribution in [0.5, 0.6) is 11.5 Å². The zero-order chi connectivity index (χ0) is 16.1. The van der Waals surface area contributed by atoms with Gasteiger partial charge in [-0.2, -0.15) is 0 Å². The molecule has 1 aromatic carbocycles. The number of esters is 1. The summed E-state index contributed by atoms with van der Waals surface area (Å²) >= 11 is 0. The number of carbonyl (C=O) groups excluding carboxylic acids is 1. The van der Waals surface area contributed by atoms with E-state index >= 15 is 0 Å². The Kier molecular flexibility index (Phi) is 4.52. The number of benzene rings is 1. The second kappa shape index (κ2) is 6.53. The van der Waals surface area contributed by atoms with Gasteiger partial charge in [-0.05, 0) is 30.7 Å². The second-order valence-corrected chi connectivity index (χ2v) is 4.33. The highest BCUT2D eigenvalue weighted by Crippen LogP contribution is 2.22. The molecule has 0 atom stereocenters. The molecule has 0 saturated carbocycles. The van der Waals surface area contributed by atoms with Crippen molar-refractivity contribution in [2.75, 3.05) is 0 Å². The molecule has 0 bridgehead atoms. The number of pyridine rings is 1. The second-order valence-electron chi connectivity index (χ2n) is 4.33. The lowest BCUT2D eigenvalue weighted by Gasteiger charge is -2.09. The lowest BCUT2D eigenvalue weighted by atomic mass is 10.2. The SMILES string of the molecule is Cc1ncc(CO[N+](=O)[O-])cc1OC(=O)c1ccccc1O. The van der Waals surface area contributed by atoms with Gasteiger partial charge in [0.1, 0.15) is 17.9 Å². The minimum Gasteiger partial charge on any atom is -0.507 e.